The quantitative estimate of drug-likeness (QED) is 0.551. The molecule has 0 radical (unpaired) electrons. The summed E-state index contributed by atoms with van der Waals surface area (Å²) in [6, 6.07) is 0. The molecule has 0 aromatic heterocycles. The van der Waals surface area contributed by atoms with Gasteiger partial charge in [-0.1, -0.05) is 0 Å². The van der Waals surface area contributed by atoms with Crippen molar-refractivity contribution in [3.63, 3.8) is 0 Å². The summed E-state index contributed by atoms with van der Waals surface area (Å²) in [6.45, 7) is 0.760. The minimum atomic E-state index is -0.327. The molecule has 58 valence electrons. The van der Waals surface area contributed by atoms with Gasteiger partial charge >= 0.3 is 0 Å². The molecule has 0 aromatic carbocycles. The molecule has 0 spiro atoms. The molecule has 0 aromatic rings. The zero-order chi connectivity index (χ0) is 7.56. The first-order chi connectivity index (χ1) is 4.77. The van der Waals surface area contributed by atoms with E-state index in [1.165, 1.54) is 0 Å². The molecule has 0 bridgehead atoms. The van der Waals surface area contributed by atoms with Crippen molar-refractivity contribution in [3.8, 4) is 0 Å². The third-order valence-electron chi connectivity index (χ3n) is 1.64. The van der Waals surface area contributed by atoms with Crippen molar-refractivity contribution in [1.82, 2.24) is 4.90 Å². The van der Waals surface area contributed by atoms with Crippen LogP contribution in [0.3, 0.4) is 0 Å². The lowest BCUT2D eigenvalue weighted by Gasteiger charge is -2.37. The summed E-state index contributed by atoms with van der Waals surface area (Å²) in [5.41, 5.74) is 0. The summed E-state index contributed by atoms with van der Waals surface area (Å²) in [7, 11) is 0. The van der Waals surface area contributed by atoms with Gasteiger partial charge in [-0.3, -0.25) is 9.18 Å². The topological polar surface area (TPSA) is 20.3 Å². The van der Waals surface area contributed by atoms with Crippen LogP contribution in [0.1, 0.15) is 0 Å². The van der Waals surface area contributed by atoms with Gasteiger partial charge in [0.25, 0.3) is 0 Å². The van der Waals surface area contributed by atoms with E-state index in [1.807, 2.05) is 0 Å². The van der Waals surface area contributed by atoms with Gasteiger partial charge < -0.3 is 4.90 Å². The van der Waals surface area contributed by atoms with Crippen molar-refractivity contribution in [2.24, 2.45) is 5.92 Å². The van der Waals surface area contributed by atoms with Crippen LogP contribution in [0.5, 0.6) is 0 Å². The van der Waals surface area contributed by atoms with Gasteiger partial charge in [-0.05, 0) is 0 Å². The van der Waals surface area contributed by atoms with Crippen LogP contribution in [0, 0.1) is 5.92 Å². The van der Waals surface area contributed by atoms with Crippen LogP contribution in [0.2, 0.25) is 0 Å². The van der Waals surface area contributed by atoms with Crippen LogP contribution in [0.15, 0.2) is 0 Å². The number of amides is 1. The minimum absolute atomic E-state index is 0.0129. The number of carbonyl (C=O) groups is 1. The summed E-state index contributed by atoms with van der Waals surface area (Å²) in [4.78, 5) is 12.3. The minimum Gasteiger partial charge on any atom is -0.341 e. The van der Waals surface area contributed by atoms with Gasteiger partial charge in [0.1, 0.15) is 5.88 Å². The molecule has 1 saturated heterocycles. The standard InChI is InChI=1S/C6H9ClFNO/c7-1-6(10)9-3-5(2-8)4-9/h5H,1-4H2. The van der Waals surface area contributed by atoms with Gasteiger partial charge in [-0.2, -0.15) is 0 Å². The Morgan fingerprint density at radius 3 is 2.70 bits per heavy atom. The van der Waals surface area contributed by atoms with E-state index in [0.717, 1.165) is 0 Å². The lowest BCUT2D eigenvalue weighted by atomic mass is 10.0. The molecule has 0 aliphatic carbocycles. The Morgan fingerprint density at radius 1 is 1.70 bits per heavy atom. The Hall–Kier alpha value is -0.310. The molecular weight excluding hydrogens is 157 g/mol. The molecule has 2 nitrogen and oxygen atoms in total. The van der Waals surface area contributed by atoms with E-state index < -0.39 is 0 Å². The molecule has 1 fully saturated rings. The fourth-order valence-electron chi connectivity index (χ4n) is 0.956. The Balaban J connectivity index is 2.19. The van der Waals surface area contributed by atoms with Gasteiger partial charge in [0.2, 0.25) is 5.91 Å². The number of likely N-dealkylation sites (tertiary alicyclic amines) is 1. The normalized spacial score (nSPS) is 18.8. The first kappa shape index (κ1) is 7.79. The molecule has 0 N–H and O–H groups in total. The predicted octanol–water partition coefficient (Wildman–Crippen LogP) is 0.653. The van der Waals surface area contributed by atoms with Crippen molar-refractivity contribution in [2.75, 3.05) is 25.6 Å². The van der Waals surface area contributed by atoms with Gasteiger partial charge in [0.15, 0.2) is 0 Å². The average Bonchev–Trinajstić information content (AvgIpc) is 1.85. The van der Waals surface area contributed by atoms with Gasteiger partial charge in [-0.15, -0.1) is 11.6 Å². The van der Waals surface area contributed by atoms with Crippen LogP contribution >= 0.6 is 11.6 Å². The van der Waals surface area contributed by atoms with Crippen LogP contribution in [0.25, 0.3) is 0 Å². The molecule has 1 aliphatic rings. The maximum absolute atomic E-state index is 11.8. The number of hydrogen-bond acceptors (Lipinski definition) is 1. The zero-order valence-electron chi connectivity index (χ0n) is 5.52. The van der Waals surface area contributed by atoms with Gasteiger partial charge in [0, 0.05) is 19.0 Å². The van der Waals surface area contributed by atoms with E-state index in [9.17, 15) is 9.18 Å². The lowest BCUT2D eigenvalue weighted by molar-refractivity contribution is -0.134. The Bertz CT molecular complexity index is 136. The summed E-state index contributed by atoms with van der Waals surface area (Å²) in [5, 5.41) is 0. The molecule has 1 aliphatic heterocycles. The molecule has 0 unspecified atom stereocenters. The van der Waals surface area contributed by atoms with Crippen LogP contribution in [0.4, 0.5) is 4.39 Å². The second-order valence-corrected chi connectivity index (χ2v) is 2.72. The maximum Gasteiger partial charge on any atom is 0.237 e. The van der Waals surface area contributed by atoms with E-state index in [4.69, 9.17) is 11.6 Å². The van der Waals surface area contributed by atoms with Crippen LogP contribution in [-0.4, -0.2) is 36.5 Å². The van der Waals surface area contributed by atoms with Crippen LogP contribution in [-0.2, 0) is 4.79 Å². The molecule has 1 rings (SSSR count). The second kappa shape index (κ2) is 3.19. The number of hydrogen-bond donors (Lipinski definition) is 0. The highest BCUT2D eigenvalue weighted by Gasteiger charge is 2.29. The molecule has 10 heavy (non-hydrogen) atoms. The fourth-order valence-corrected chi connectivity index (χ4v) is 1.12. The molecule has 0 atom stereocenters. The number of carbonyl (C=O) groups excluding carboxylic acids is 1. The van der Waals surface area contributed by atoms with Gasteiger partial charge in [0.05, 0.1) is 6.67 Å². The number of nitrogens with zero attached hydrogens (tertiary/aromatic N) is 1. The molecule has 1 amide bonds. The van der Waals surface area contributed by atoms with E-state index in [0.29, 0.717) is 13.1 Å². The van der Waals surface area contributed by atoms with E-state index in [-0.39, 0.29) is 24.4 Å². The van der Waals surface area contributed by atoms with E-state index in [2.05, 4.69) is 0 Å². The Kier molecular flexibility index (Phi) is 2.49. The van der Waals surface area contributed by atoms with E-state index in [1.54, 1.807) is 4.90 Å². The van der Waals surface area contributed by atoms with Crippen LogP contribution < -0.4 is 0 Å². The lowest BCUT2D eigenvalue weighted by Crippen LogP contribution is -2.51. The smallest absolute Gasteiger partial charge is 0.237 e. The first-order valence-electron chi connectivity index (χ1n) is 3.17. The monoisotopic (exact) mass is 165 g/mol. The summed E-state index contributed by atoms with van der Waals surface area (Å²) in [6.07, 6.45) is 0. The van der Waals surface area contributed by atoms with Crippen molar-refractivity contribution in [1.29, 1.82) is 0 Å². The fraction of sp³-hybridized carbons (Fsp3) is 0.833. The highest BCUT2D eigenvalue weighted by molar-refractivity contribution is 6.27. The maximum atomic E-state index is 11.8. The second-order valence-electron chi connectivity index (χ2n) is 2.45. The Labute approximate surface area is 63.9 Å². The molecule has 4 heteroatoms. The highest BCUT2D eigenvalue weighted by Crippen LogP contribution is 2.15. The first-order valence-corrected chi connectivity index (χ1v) is 3.71. The number of halogens is 2. The van der Waals surface area contributed by atoms with Crippen molar-refractivity contribution < 1.29 is 9.18 Å². The molecular formula is C6H9ClFNO. The highest BCUT2D eigenvalue weighted by atomic mass is 35.5. The molecule has 0 saturated carbocycles. The average molecular weight is 166 g/mol. The summed E-state index contributed by atoms with van der Waals surface area (Å²) in [5.74, 6) is -0.0162. The largest absolute Gasteiger partial charge is 0.341 e. The molecule has 1 heterocycles. The summed E-state index contributed by atoms with van der Waals surface area (Å²) >= 11 is 5.27. The number of alkyl halides is 2. The third-order valence-corrected chi connectivity index (χ3v) is 1.87. The van der Waals surface area contributed by atoms with E-state index >= 15 is 0 Å². The van der Waals surface area contributed by atoms with Crippen molar-refractivity contribution in [2.45, 2.75) is 0 Å². The third kappa shape index (κ3) is 1.40. The Morgan fingerprint density at radius 2 is 2.30 bits per heavy atom. The summed E-state index contributed by atoms with van der Waals surface area (Å²) < 4.78 is 11.8. The van der Waals surface area contributed by atoms with Gasteiger partial charge in [-0.25, -0.2) is 0 Å². The SMILES string of the molecule is O=C(CCl)N1CC(CF)C1. The number of rotatable bonds is 2. The van der Waals surface area contributed by atoms with Crippen molar-refractivity contribution in [3.05, 3.63) is 0 Å². The predicted molar refractivity (Wildman–Crippen MR) is 36.8 cm³/mol. The zero-order valence-corrected chi connectivity index (χ0v) is 6.27. The van der Waals surface area contributed by atoms with Crippen molar-refractivity contribution >= 4 is 17.5 Å².